The third kappa shape index (κ3) is 7.54. The molecule has 0 saturated heterocycles. The summed E-state index contributed by atoms with van der Waals surface area (Å²) in [5.74, 6) is -0.366. The number of hydrogen-bond acceptors (Lipinski definition) is 6. The minimum Gasteiger partial charge on any atom is -0.444 e. The number of anilines is 2. The van der Waals surface area contributed by atoms with Crippen molar-refractivity contribution in [3.63, 3.8) is 0 Å². The van der Waals surface area contributed by atoms with E-state index in [2.05, 4.69) is 34.8 Å². The van der Waals surface area contributed by atoms with Crippen LogP contribution in [0.1, 0.15) is 69.9 Å². The molecule has 8 nitrogen and oxygen atoms in total. The Labute approximate surface area is 196 Å². The number of amides is 2. The van der Waals surface area contributed by atoms with Gasteiger partial charge in [0, 0.05) is 11.7 Å². The van der Waals surface area contributed by atoms with Crippen LogP contribution < -0.4 is 21.7 Å². The number of carbonyl (C=O) groups is 2. The molecule has 0 fully saturated rings. The van der Waals surface area contributed by atoms with Crippen molar-refractivity contribution >= 4 is 23.4 Å². The van der Waals surface area contributed by atoms with Crippen molar-refractivity contribution in [1.82, 2.24) is 10.3 Å². The number of ether oxygens (including phenoxy) is 1. The van der Waals surface area contributed by atoms with Crippen LogP contribution in [-0.4, -0.2) is 35.7 Å². The smallest absolute Gasteiger partial charge is 0.412 e. The first-order valence-corrected chi connectivity index (χ1v) is 11.5. The molecule has 180 valence electrons. The molecule has 8 heteroatoms. The molecule has 0 bridgehead atoms. The van der Waals surface area contributed by atoms with Crippen LogP contribution in [0.5, 0.6) is 0 Å². The van der Waals surface area contributed by atoms with E-state index in [0.717, 1.165) is 31.4 Å². The van der Waals surface area contributed by atoms with E-state index in [1.807, 2.05) is 6.07 Å². The average Bonchev–Trinajstić information content (AvgIpc) is 2.77. The lowest BCUT2D eigenvalue weighted by atomic mass is 9.85. The van der Waals surface area contributed by atoms with Crippen LogP contribution in [0.25, 0.3) is 0 Å². The summed E-state index contributed by atoms with van der Waals surface area (Å²) in [5, 5.41) is 9.11. The Bertz CT molecular complexity index is 918. The van der Waals surface area contributed by atoms with Crippen molar-refractivity contribution in [2.24, 2.45) is 5.73 Å². The molecule has 0 saturated carbocycles. The fraction of sp³-hybridized carbons (Fsp3) is 0.480. The molecule has 1 heterocycles. The Morgan fingerprint density at radius 1 is 1.00 bits per heavy atom. The third-order valence-corrected chi connectivity index (χ3v) is 5.41. The molecular formula is C25H37N5O3. The van der Waals surface area contributed by atoms with Gasteiger partial charge >= 0.3 is 6.09 Å². The van der Waals surface area contributed by atoms with E-state index < -0.39 is 11.7 Å². The highest BCUT2D eigenvalue weighted by Crippen LogP contribution is 2.29. The molecular weight excluding hydrogens is 418 g/mol. The van der Waals surface area contributed by atoms with Crippen molar-refractivity contribution in [2.75, 3.05) is 23.7 Å². The zero-order valence-corrected chi connectivity index (χ0v) is 20.3. The Morgan fingerprint density at radius 3 is 2.15 bits per heavy atom. The van der Waals surface area contributed by atoms with E-state index in [1.165, 1.54) is 0 Å². The standard InChI is InChI=1S/C25H37N5O3/c1-6-25(7-2,28-16-10-15-26)18-13-14-21(27-17-18)22(31)29-19-11-8-9-12-20(19)30-23(32)33-24(3,4)5/h8-9,11-14,17,28H,6-7,10,15-16,26H2,1-5H3,(H,29,31)(H,30,32). The molecule has 1 aromatic carbocycles. The zero-order chi connectivity index (χ0) is 24.5. The van der Waals surface area contributed by atoms with Gasteiger partial charge in [-0.1, -0.05) is 32.0 Å². The first-order valence-electron chi connectivity index (χ1n) is 11.5. The maximum Gasteiger partial charge on any atom is 0.412 e. The molecule has 0 spiro atoms. The second-order valence-corrected chi connectivity index (χ2v) is 8.92. The summed E-state index contributed by atoms with van der Waals surface area (Å²) in [6.45, 7) is 11.1. The second kappa shape index (κ2) is 11.8. The lowest BCUT2D eigenvalue weighted by Gasteiger charge is -2.33. The van der Waals surface area contributed by atoms with Gasteiger partial charge in [-0.15, -0.1) is 0 Å². The maximum absolute atomic E-state index is 12.8. The van der Waals surface area contributed by atoms with E-state index in [1.54, 1.807) is 57.3 Å². The van der Waals surface area contributed by atoms with Gasteiger partial charge in [-0.3, -0.25) is 15.1 Å². The summed E-state index contributed by atoms with van der Waals surface area (Å²) in [6.07, 6.45) is 3.84. The Balaban J connectivity index is 2.14. The fourth-order valence-electron chi connectivity index (χ4n) is 3.55. The van der Waals surface area contributed by atoms with Crippen LogP contribution in [0.15, 0.2) is 42.6 Å². The number of benzene rings is 1. The van der Waals surface area contributed by atoms with Gasteiger partial charge in [-0.2, -0.15) is 0 Å². The summed E-state index contributed by atoms with van der Waals surface area (Å²) in [7, 11) is 0. The predicted molar refractivity (Wildman–Crippen MR) is 132 cm³/mol. The largest absolute Gasteiger partial charge is 0.444 e. The topological polar surface area (TPSA) is 118 Å². The highest BCUT2D eigenvalue weighted by molar-refractivity contribution is 6.05. The van der Waals surface area contributed by atoms with Crippen LogP contribution in [0, 0.1) is 0 Å². The van der Waals surface area contributed by atoms with Gasteiger partial charge in [0.2, 0.25) is 0 Å². The van der Waals surface area contributed by atoms with Gasteiger partial charge in [0.25, 0.3) is 5.91 Å². The molecule has 0 atom stereocenters. The van der Waals surface area contributed by atoms with Gasteiger partial charge in [0.15, 0.2) is 0 Å². The number of hydrogen-bond donors (Lipinski definition) is 4. The molecule has 33 heavy (non-hydrogen) atoms. The number of rotatable bonds is 10. The summed E-state index contributed by atoms with van der Waals surface area (Å²) in [6, 6.07) is 10.6. The van der Waals surface area contributed by atoms with Crippen molar-refractivity contribution in [3.05, 3.63) is 53.9 Å². The number of para-hydroxylation sites is 2. The number of pyridine rings is 1. The number of aromatic nitrogens is 1. The molecule has 0 aliphatic rings. The first-order chi connectivity index (χ1) is 15.6. The quantitative estimate of drug-likeness (QED) is 0.388. The molecule has 5 N–H and O–H groups in total. The normalized spacial score (nSPS) is 11.7. The molecule has 1 aromatic heterocycles. The average molecular weight is 456 g/mol. The zero-order valence-electron chi connectivity index (χ0n) is 20.3. The van der Waals surface area contributed by atoms with Crippen LogP contribution in [-0.2, 0) is 10.3 Å². The van der Waals surface area contributed by atoms with Gasteiger partial charge in [-0.05, 0) is 76.9 Å². The van der Waals surface area contributed by atoms with Gasteiger partial charge in [-0.25, -0.2) is 4.79 Å². The number of nitrogens with zero attached hydrogens (tertiary/aromatic N) is 1. The van der Waals surface area contributed by atoms with Crippen molar-refractivity contribution < 1.29 is 14.3 Å². The summed E-state index contributed by atoms with van der Waals surface area (Å²) in [5.41, 5.74) is 7.02. The van der Waals surface area contributed by atoms with Crippen molar-refractivity contribution in [2.45, 2.75) is 65.0 Å². The van der Waals surface area contributed by atoms with Crippen LogP contribution in [0.2, 0.25) is 0 Å². The summed E-state index contributed by atoms with van der Waals surface area (Å²) >= 11 is 0. The van der Waals surface area contributed by atoms with E-state index in [-0.39, 0.29) is 17.1 Å². The molecule has 0 aliphatic carbocycles. The van der Waals surface area contributed by atoms with Gasteiger partial charge in [0.05, 0.1) is 11.4 Å². The van der Waals surface area contributed by atoms with E-state index >= 15 is 0 Å². The monoisotopic (exact) mass is 455 g/mol. The second-order valence-electron chi connectivity index (χ2n) is 8.92. The van der Waals surface area contributed by atoms with E-state index in [0.29, 0.717) is 17.9 Å². The van der Waals surface area contributed by atoms with Crippen LogP contribution in [0.3, 0.4) is 0 Å². The third-order valence-electron chi connectivity index (χ3n) is 5.41. The van der Waals surface area contributed by atoms with Crippen molar-refractivity contribution in [1.29, 1.82) is 0 Å². The Kier molecular flexibility index (Phi) is 9.37. The van der Waals surface area contributed by atoms with E-state index in [9.17, 15) is 9.59 Å². The highest BCUT2D eigenvalue weighted by Gasteiger charge is 2.28. The van der Waals surface area contributed by atoms with E-state index in [4.69, 9.17) is 10.5 Å². The summed E-state index contributed by atoms with van der Waals surface area (Å²) < 4.78 is 5.30. The predicted octanol–water partition coefficient (Wildman–Crippen LogP) is 4.63. The molecule has 2 amide bonds. The number of nitrogens with two attached hydrogens (primary N) is 1. The van der Waals surface area contributed by atoms with Crippen molar-refractivity contribution in [3.8, 4) is 0 Å². The first kappa shape index (κ1) is 26.3. The Hall–Kier alpha value is -2.97. The maximum atomic E-state index is 12.8. The highest BCUT2D eigenvalue weighted by atomic mass is 16.6. The lowest BCUT2D eigenvalue weighted by molar-refractivity contribution is 0.0635. The minimum absolute atomic E-state index is 0.207. The molecule has 0 aliphatic heterocycles. The van der Waals surface area contributed by atoms with Crippen LogP contribution in [0.4, 0.5) is 16.2 Å². The number of carbonyl (C=O) groups excluding carboxylic acids is 2. The molecule has 0 radical (unpaired) electrons. The number of nitrogens with one attached hydrogen (secondary N) is 3. The van der Waals surface area contributed by atoms with Gasteiger partial charge in [0.1, 0.15) is 11.3 Å². The molecule has 0 unspecified atom stereocenters. The fourth-order valence-corrected chi connectivity index (χ4v) is 3.55. The molecule has 2 rings (SSSR count). The Morgan fingerprint density at radius 2 is 1.64 bits per heavy atom. The van der Waals surface area contributed by atoms with Gasteiger partial charge < -0.3 is 21.1 Å². The van der Waals surface area contributed by atoms with Crippen LogP contribution >= 0.6 is 0 Å². The SMILES string of the molecule is CCC(CC)(NCCCN)c1ccc(C(=O)Nc2ccccc2NC(=O)OC(C)(C)C)nc1. The molecule has 2 aromatic rings. The lowest BCUT2D eigenvalue weighted by Crippen LogP contribution is -2.42. The minimum atomic E-state index is -0.626. The summed E-state index contributed by atoms with van der Waals surface area (Å²) in [4.78, 5) is 29.4.